The first-order chi connectivity index (χ1) is 14.6. The highest BCUT2D eigenvalue weighted by molar-refractivity contribution is 7.99. The summed E-state index contributed by atoms with van der Waals surface area (Å²) in [6, 6.07) is 10.1. The lowest BCUT2D eigenvalue weighted by molar-refractivity contribution is -0.113. The molecule has 9 heteroatoms. The van der Waals surface area contributed by atoms with E-state index in [1.165, 1.54) is 30.2 Å². The van der Waals surface area contributed by atoms with Crippen molar-refractivity contribution >= 4 is 40.0 Å². The highest BCUT2D eigenvalue weighted by Crippen LogP contribution is 2.39. The van der Waals surface area contributed by atoms with Crippen LogP contribution in [0.4, 0.5) is 5.00 Å². The van der Waals surface area contributed by atoms with Gasteiger partial charge in [0.1, 0.15) is 10.8 Å². The van der Waals surface area contributed by atoms with Crippen LogP contribution in [-0.2, 0) is 35.8 Å². The summed E-state index contributed by atoms with van der Waals surface area (Å²) in [5.74, 6) is 0.446. The number of hydrogen-bond acceptors (Lipinski definition) is 7. The minimum atomic E-state index is -0.392. The quantitative estimate of drug-likeness (QED) is 0.445. The molecule has 1 aliphatic carbocycles. The molecule has 0 bridgehead atoms. The maximum atomic E-state index is 12.6. The highest BCUT2D eigenvalue weighted by atomic mass is 32.2. The van der Waals surface area contributed by atoms with E-state index in [0.29, 0.717) is 22.1 Å². The van der Waals surface area contributed by atoms with Gasteiger partial charge in [-0.3, -0.25) is 4.79 Å². The first-order valence-electron chi connectivity index (χ1n) is 9.64. The molecular weight excluding hydrogens is 420 g/mol. The zero-order valence-electron chi connectivity index (χ0n) is 16.8. The number of amides is 1. The number of carbonyl (C=O) groups is 2. The molecule has 7 nitrogen and oxygen atoms in total. The summed E-state index contributed by atoms with van der Waals surface area (Å²) < 4.78 is 6.84. The van der Waals surface area contributed by atoms with Gasteiger partial charge >= 0.3 is 5.97 Å². The minimum absolute atomic E-state index is 0.181. The van der Waals surface area contributed by atoms with E-state index in [-0.39, 0.29) is 11.7 Å². The van der Waals surface area contributed by atoms with Crippen LogP contribution in [0.2, 0.25) is 0 Å². The number of thioether (sulfide) groups is 1. The highest BCUT2D eigenvalue weighted by Gasteiger charge is 2.28. The molecule has 156 valence electrons. The van der Waals surface area contributed by atoms with Gasteiger partial charge in [0, 0.05) is 18.3 Å². The number of benzene rings is 1. The van der Waals surface area contributed by atoms with E-state index in [0.717, 1.165) is 41.1 Å². The van der Waals surface area contributed by atoms with E-state index in [1.54, 1.807) is 0 Å². The minimum Gasteiger partial charge on any atom is -0.465 e. The lowest BCUT2D eigenvalue weighted by Crippen LogP contribution is -2.16. The monoisotopic (exact) mass is 442 g/mol. The van der Waals surface area contributed by atoms with Crippen molar-refractivity contribution < 1.29 is 14.3 Å². The second-order valence-corrected chi connectivity index (χ2v) is 9.06. The molecule has 1 aromatic carbocycles. The Balaban J connectivity index is 1.40. The van der Waals surface area contributed by atoms with Crippen molar-refractivity contribution in [3.63, 3.8) is 0 Å². The van der Waals surface area contributed by atoms with Crippen molar-refractivity contribution in [3.05, 3.63) is 57.7 Å². The van der Waals surface area contributed by atoms with E-state index >= 15 is 0 Å². The summed E-state index contributed by atoms with van der Waals surface area (Å²) in [5.41, 5.74) is 2.69. The summed E-state index contributed by atoms with van der Waals surface area (Å²) >= 11 is 2.80. The number of fused-ring (bicyclic) bond motifs is 1. The Hall–Kier alpha value is -2.65. The number of aryl methyl sites for hydroxylation is 1. The van der Waals surface area contributed by atoms with Crippen LogP contribution >= 0.6 is 23.1 Å². The second-order valence-electron chi connectivity index (χ2n) is 7.01. The summed E-state index contributed by atoms with van der Waals surface area (Å²) in [5, 5.41) is 12.6. The van der Waals surface area contributed by atoms with Gasteiger partial charge in [-0.25, -0.2) is 4.79 Å². The molecular formula is C21H22N4O3S2. The van der Waals surface area contributed by atoms with E-state index in [4.69, 9.17) is 4.74 Å². The number of esters is 1. The van der Waals surface area contributed by atoms with Crippen molar-refractivity contribution in [1.29, 1.82) is 0 Å². The largest absolute Gasteiger partial charge is 0.465 e. The van der Waals surface area contributed by atoms with Crippen molar-refractivity contribution in [2.75, 3.05) is 18.2 Å². The molecule has 1 aliphatic rings. The Labute approximate surface area is 182 Å². The Bertz CT molecular complexity index is 1080. The summed E-state index contributed by atoms with van der Waals surface area (Å²) in [7, 11) is 3.27. The van der Waals surface area contributed by atoms with Gasteiger partial charge in [0.25, 0.3) is 0 Å². The lowest BCUT2D eigenvalue weighted by atomic mass is 10.1. The van der Waals surface area contributed by atoms with Gasteiger partial charge in [0.2, 0.25) is 5.91 Å². The molecule has 4 rings (SSSR count). The van der Waals surface area contributed by atoms with Crippen LogP contribution in [-0.4, -0.2) is 39.5 Å². The SMILES string of the molecule is COC(=O)c1c(NC(=O)CSc2nnc(Cc3ccccc3)n2C)sc2c1CCC2. The van der Waals surface area contributed by atoms with Gasteiger partial charge in [-0.2, -0.15) is 0 Å². The Morgan fingerprint density at radius 3 is 2.80 bits per heavy atom. The zero-order chi connectivity index (χ0) is 21.1. The molecule has 0 spiro atoms. The van der Waals surface area contributed by atoms with Gasteiger partial charge in [-0.1, -0.05) is 42.1 Å². The van der Waals surface area contributed by atoms with Crippen molar-refractivity contribution in [1.82, 2.24) is 14.8 Å². The Kier molecular flexibility index (Phi) is 6.19. The number of rotatable bonds is 7. The molecule has 0 aliphatic heterocycles. The van der Waals surface area contributed by atoms with Gasteiger partial charge < -0.3 is 14.6 Å². The van der Waals surface area contributed by atoms with Gasteiger partial charge in [0.05, 0.1) is 18.4 Å². The number of aromatic nitrogens is 3. The molecule has 0 radical (unpaired) electrons. The molecule has 3 aromatic rings. The maximum Gasteiger partial charge on any atom is 0.341 e. The van der Waals surface area contributed by atoms with E-state index in [1.807, 2.05) is 41.9 Å². The average Bonchev–Trinajstić information content (AvgIpc) is 3.42. The van der Waals surface area contributed by atoms with E-state index < -0.39 is 5.97 Å². The maximum absolute atomic E-state index is 12.6. The standard InChI is InChI=1S/C21H22N4O3S2/c1-25-16(11-13-7-4-3-5-8-13)23-24-21(25)29-12-17(26)22-19-18(20(27)28-2)14-9-6-10-15(14)30-19/h3-5,7-8H,6,9-12H2,1-2H3,(H,22,26). The van der Waals surface area contributed by atoms with E-state index in [2.05, 4.69) is 15.5 Å². The predicted molar refractivity (Wildman–Crippen MR) is 117 cm³/mol. The average molecular weight is 443 g/mol. The van der Waals surface area contributed by atoms with Crippen LogP contribution in [0.25, 0.3) is 0 Å². The van der Waals surface area contributed by atoms with Crippen molar-refractivity contribution in [2.24, 2.45) is 7.05 Å². The number of ether oxygens (including phenoxy) is 1. The normalized spacial score (nSPS) is 12.6. The van der Waals surface area contributed by atoms with Crippen LogP contribution < -0.4 is 5.32 Å². The van der Waals surface area contributed by atoms with Crippen molar-refractivity contribution in [2.45, 2.75) is 30.8 Å². The van der Waals surface area contributed by atoms with E-state index in [9.17, 15) is 9.59 Å². The fourth-order valence-corrected chi connectivity index (χ4v) is 5.53. The number of thiophene rings is 1. The molecule has 0 saturated carbocycles. The van der Waals surface area contributed by atoms with Crippen LogP contribution in [0.15, 0.2) is 35.5 Å². The number of methoxy groups -OCH3 is 1. The number of carbonyl (C=O) groups excluding carboxylic acids is 2. The summed E-state index contributed by atoms with van der Waals surface area (Å²) in [6.45, 7) is 0. The van der Waals surface area contributed by atoms with Crippen LogP contribution in [0.1, 0.15) is 38.6 Å². The zero-order valence-corrected chi connectivity index (χ0v) is 18.4. The molecule has 0 fully saturated rings. The third-order valence-electron chi connectivity index (χ3n) is 5.03. The van der Waals surface area contributed by atoms with Gasteiger partial charge in [-0.15, -0.1) is 21.5 Å². The van der Waals surface area contributed by atoms with Crippen LogP contribution in [0, 0.1) is 0 Å². The Morgan fingerprint density at radius 1 is 1.23 bits per heavy atom. The first kappa shape index (κ1) is 20.6. The molecule has 30 heavy (non-hydrogen) atoms. The number of anilines is 1. The third kappa shape index (κ3) is 4.27. The number of nitrogens with one attached hydrogen (secondary N) is 1. The number of hydrogen-bond donors (Lipinski definition) is 1. The summed E-state index contributed by atoms with van der Waals surface area (Å²) in [4.78, 5) is 25.9. The Morgan fingerprint density at radius 2 is 2.03 bits per heavy atom. The number of nitrogens with zero attached hydrogens (tertiary/aromatic N) is 3. The molecule has 2 aromatic heterocycles. The van der Waals surface area contributed by atoms with Crippen LogP contribution in [0.5, 0.6) is 0 Å². The molecule has 2 heterocycles. The predicted octanol–water partition coefficient (Wildman–Crippen LogP) is 3.47. The smallest absolute Gasteiger partial charge is 0.341 e. The molecule has 0 unspecified atom stereocenters. The molecule has 0 atom stereocenters. The lowest BCUT2D eigenvalue weighted by Gasteiger charge is -2.07. The fourth-order valence-electron chi connectivity index (χ4n) is 3.51. The topological polar surface area (TPSA) is 86.1 Å². The van der Waals surface area contributed by atoms with Crippen molar-refractivity contribution in [3.8, 4) is 0 Å². The molecule has 1 N–H and O–H groups in total. The summed E-state index contributed by atoms with van der Waals surface area (Å²) in [6.07, 6.45) is 3.51. The first-order valence-corrected chi connectivity index (χ1v) is 11.4. The van der Waals surface area contributed by atoms with Gasteiger partial charge in [-0.05, 0) is 30.4 Å². The second kappa shape index (κ2) is 9.01. The van der Waals surface area contributed by atoms with Crippen LogP contribution in [0.3, 0.4) is 0 Å². The third-order valence-corrected chi connectivity index (χ3v) is 7.25. The van der Waals surface area contributed by atoms with Gasteiger partial charge in [0.15, 0.2) is 5.16 Å². The molecule has 1 amide bonds. The fraction of sp³-hybridized carbons (Fsp3) is 0.333. The molecule has 0 saturated heterocycles.